The van der Waals surface area contributed by atoms with Gasteiger partial charge in [0.15, 0.2) is 6.61 Å². The third-order valence-corrected chi connectivity index (χ3v) is 4.78. The molecule has 2 amide bonds. The summed E-state index contributed by atoms with van der Waals surface area (Å²) in [5.74, 6) is 0.0320. The molecule has 29 heavy (non-hydrogen) atoms. The van der Waals surface area contributed by atoms with Crippen molar-refractivity contribution in [3.8, 4) is 5.75 Å². The summed E-state index contributed by atoms with van der Waals surface area (Å²) in [6, 6.07) is 13.9. The van der Waals surface area contributed by atoms with E-state index >= 15 is 0 Å². The van der Waals surface area contributed by atoms with E-state index < -0.39 is 5.91 Å². The Bertz CT molecular complexity index is 1070. The van der Waals surface area contributed by atoms with E-state index in [1.807, 2.05) is 30.3 Å². The number of carbonyl (C=O) groups is 2. The number of amides is 2. The second-order valence-electron chi connectivity index (χ2n) is 6.29. The fourth-order valence-electron chi connectivity index (χ4n) is 2.95. The Morgan fingerprint density at radius 3 is 2.79 bits per heavy atom. The predicted molar refractivity (Wildman–Crippen MR) is 108 cm³/mol. The summed E-state index contributed by atoms with van der Waals surface area (Å²) in [6.07, 6.45) is 0.228. The molecule has 3 aromatic rings. The molecule has 2 aromatic carbocycles. The first-order chi connectivity index (χ1) is 14.0. The van der Waals surface area contributed by atoms with Gasteiger partial charge in [0.25, 0.3) is 11.9 Å². The topological polar surface area (TPSA) is 98.1 Å². The van der Waals surface area contributed by atoms with Crippen molar-refractivity contribution in [2.45, 2.75) is 12.5 Å². The van der Waals surface area contributed by atoms with E-state index in [9.17, 15) is 9.59 Å². The van der Waals surface area contributed by atoms with Crippen molar-refractivity contribution in [2.75, 3.05) is 17.2 Å². The Hall–Kier alpha value is -3.10. The molecule has 0 spiro atoms. The van der Waals surface area contributed by atoms with Crippen molar-refractivity contribution in [2.24, 2.45) is 0 Å². The SMILES string of the molecule is O=C(COc1ccc(Cl)cc1Cl)Nc1nc2n(n1)[C@H](c1ccccc1)CC(=O)N2. The van der Waals surface area contributed by atoms with E-state index in [0.717, 1.165) is 5.56 Å². The maximum absolute atomic E-state index is 12.2. The van der Waals surface area contributed by atoms with Crippen molar-refractivity contribution in [3.05, 3.63) is 64.1 Å². The molecule has 8 nitrogen and oxygen atoms in total. The van der Waals surface area contributed by atoms with Crippen LogP contribution in [0.5, 0.6) is 5.75 Å². The Morgan fingerprint density at radius 1 is 1.24 bits per heavy atom. The molecular weight excluding hydrogens is 417 g/mol. The minimum absolute atomic E-state index is 0.0685. The first kappa shape index (κ1) is 19.2. The van der Waals surface area contributed by atoms with E-state index in [0.29, 0.717) is 15.8 Å². The molecule has 0 unspecified atom stereocenters. The van der Waals surface area contributed by atoms with Gasteiger partial charge in [0.05, 0.1) is 17.5 Å². The van der Waals surface area contributed by atoms with E-state index in [1.54, 1.807) is 16.8 Å². The average Bonchev–Trinajstić information content (AvgIpc) is 3.09. The standard InChI is InChI=1S/C19H15Cl2N5O3/c20-12-6-7-15(13(21)8-12)29-10-17(28)22-18-24-19-23-16(27)9-14(26(19)25-18)11-4-2-1-3-5-11/h1-8,14H,9-10H2,(H2,22,23,24,25,27,28)/t14-/m0/s1. The third kappa shape index (κ3) is 4.33. The summed E-state index contributed by atoms with van der Waals surface area (Å²) < 4.78 is 6.99. The number of nitrogens with one attached hydrogen (secondary N) is 2. The number of anilines is 2. The number of aromatic nitrogens is 3. The molecule has 4 rings (SSSR count). The average molecular weight is 432 g/mol. The van der Waals surface area contributed by atoms with Crippen molar-refractivity contribution < 1.29 is 14.3 Å². The lowest BCUT2D eigenvalue weighted by molar-refractivity contribution is -0.118. The largest absolute Gasteiger partial charge is 0.482 e. The molecule has 148 valence electrons. The fraction of sp³-hybridized carbons (Fsp3) is 0.158. The number of hydrogen-bond acceptors (Lipinski definition) is 5. The molecule has 0 fully saturated rings. The van der Waals surface area contributed by atoms with Crippen LogP contribution in [0, 0.1) is 0 Å². The molecule has 0 radical (unpaired) electrons. The molecule has 1 aromatic heterocycles. The van der Waals surface area contributed by atoms with Crippen LogP contribution in [0.25, 0.3) is 0 Å². The maximum atomic E-state index is 12.2. The van der Waals surface area contributed by atoms with E-state index in [-0.39, 0.29) is 36.9 Å². The summed E-state index contributed by atoms with van der Waals surface area (Å²) >= 11 is 11.9. The van der Waals surface area contributed by atoms with Crippen LogP contribution in [-0.2, 0) is 9.59 Å². The van der Waals surface area contributed by atoms with Gasteiger partial charge in [0.2, 0.25) is 11.9 Å². The first-order valence-corrected chi connectivity index (χ1v) is 9.44. The van der Waals surface area contributed by atoms with E-state index in [4.69, 9.17) is 27.9 Å². The fourth-order valence-corrected chi connectivity index (χ4v) is 3.41. The van der Waals surface area contributed by atoms with Gasteiger partial charge in [-0.2, -0.15) is 4.98 Å². The van der Waals surface area contributed by atoms with E-state index in [1.165, 1.54) is 6.07 Å². The highest BCUT2D eigenvalue weighted by Crippen LogP contribution is 2.30. The van der Waals surface area contributed by atoms with Gasteiger partial charge < -0.3 is 4.74 Å². The van der Waals surface area contributed by atoms with Crippen LogP contribution < -0.4 is 15.4 Å². The lowest BCUT2D eigenvalue weighted by Crippen LogP contribution is -2.29. The van der Waals surface area contributed by atoms with Crippen LogP contribution in [0.15, 0.2) is 48.5 Å². The predicted octanol–water partition coefficient (Wildman–Crippen LogP) is 3.53. The number of fused-ring (bicyclic) bond motifs is 1. The Morgan fingerprint density at radius 2 is 2.03 bits per heavy atom. The van der Waals surface area contributed by atoms with Crippen LogP contribution in [0.1, 0.15) is 18.0 Å². The number of nitrogens with zero attached hydrogens (tertiary/aromatic N) is 3. The van der Waals surface area contributed by atoms with Gasteiger partial charge in [-0.3, -0.25) is 20.2 Å². The molecule has 2 N–H and O–H groups in total. The second kappa shape index (κ2) is 8.10. The van der Waals surface area contributed by atoms with Gasteiger partial charge in [-0.25, -0.2) is 4.68 Å². The van der Waals surface area contributed by atoms with E-state index in [2.05, 4.69) is 20.7 Å². The Kier molecular flexibility index (Phi) is 5.37. The number of carbonyl (C=O) groups excluding carboxylic acids is 2. The summed E-state index contributed by atoms with van der Waals surface area (Å²) in [4.78, 5) is 28.4. The zero-order valence-corrected chi connectivity index (χ0v) is 16.4. The quantitative estimate of drug-likeness (QED) is 0.643. The minimum Gasteiger partial charge on any atom is -0.482 e. The molecule has 1 atom stereocenters. The smallest absolute Gasteiger partial charge is 0.264 e. The van der Waals surface area contributed by atoms with Crippen molar-refractivity contribution >= 4 is 46.9 Å². The second-order valence-corrected chi connectivity index (χ2v) is 7.14. The van der Waals surface area contributed by atoms with Crippen LogP contribution >= 0.6 is 23.2 Å². The molecule has 1 aliphatic rings. The van der Waals surface area contributed by atoms with Gasteiger partial charge in [-0.05, 0) is 23.8 Å². The van der Waals surface area contributed by atoms with Gasteiger partial charge in [0.1, 0.15) is 5.75 Å². The zero-order valence-electron chi connectivity index (χ0n) is 14.9. The Labute approximate surface area is 175 Å². The number of halogens is 2. The minimum atomic E-state index is -0.471. The van der Waals surface area contributed by atoms with Gasteiger partial charge in [0, 0.05) is 5.02 Å². The van der Waals surface area contributed by atoms with Gasteiger partial charge in [-0.1, -0.05) is 53.5 Å². The van der Waals surface area contributed by atoms with Crippen LogP contribution in [-0.4, -0.2) is 33.2 Å². The molecular formula is C19H15Cl2N5O3. The monoisotopic (exact) mass is 431 g/mol. The molecule has 2 heterocycles. The normalized spacial score (nSPS) is 15.4. The molecule has 0 bridgehead atoms. The summed E-state index contributed by atoms with van der Waals surface area (Å²) in [5, 5.41) is 10.3. The van der Waals surface area contributed by atoms with Gasteiger partial charge in [-0.15, -0.1) is 5.10 Å². The molecule has 0 saturated carbocycles. The van der Waals surface area contributed by atoms with Crippen LogP contribution in [0.4, 0.5) is 11.9 Å². The first-order valence-electron chi connectivity index (χ1n) is 8.68. The molecule has 1 aliphatic heterocycles. The lowest BCUT2D eigenvalue weighted by atomic mass is 10.0. The van der Waals surface area contributed by atoms with Crippen LogP contribution in [0.3, 0.4) is 0 Å². The molecule has 10 heteroatoms. The van der Waals surface area contributed by atoms with Crippen LogP contribution in [0.2, 0.25) is 10.0 Å². The summed E-state index contributed by atoms with van der Waals surface area (Å²) in [6.45, 7) is -0.292. The lowest BCUT2D eigenvalue weighted by Gasteiger charge is -2.23. The maximum Gasteiger partial charge on any atom is 0.264 e. The number of rotatable bonds is 5. The highest BCUT2D eigenvalue weighted by molar-refractivity contribution is 6.35. The zero-order chi connectivity index (χ0) is 20.4. The highest BCUT2D eigenvalue weighted by Gasteiger charge is 2.29. The molecule has 0 saturated heterocycles. The highest BCUT2D eigenvalue weighted by atomic mass is 35.5. The number of ether oxygens (including phenoxy) is 1. The molecule has 0 aliphatic carbocycles. The third-order valence-electron chi connectivity index (χ3n) is 4.24. The van der Waals surface area contributed by atoms with Gasteiger partial charge >= 0.3 is 0 Å². The number of hydrogen-bond donors (Lipinski definition) is 2. The summed E-state index contributed by atoms with van der Waals surface area (Å²) in [5.41, 5.74) is 0.923. The van der Waals surface area contributed by atoms with Crippen molar-refractivity contribution in [1.82, 2.24) is 14.8 Å². The van der Waals surface area contributed by atoms with Crippen molar-refractivity contribution in [3.63, 3.8) is 0 Å². The summed E-state index contributed by atoms with van der Waals surface area (Å²) in [7, 11) is 0. The van der Waals surface area contributed by atoms with Crippen molar-refractivity contribution in [1.29, 1.82) is 0 Å². The number of benzene rings is 2. The Balaban J connectivity index is 1.46.